The molecule has 1 atom stereocenters. The fraction of sp³-hybridized carbons (Fsp3) is 0.720. The molecular weight excluding hydrogens is 392 g/mol. The Labute approximate surface area is 188 Å². The van der Waals surface area contributed by atoms with E-state index in [-0.39, 0.29) is 6.61 Å². The monoisotopic (exact) mass is 433 g/mol. The highest BCUT2D eigenvalue weighted by Crippen LogP contribution is 2.17. The summed E-state index contributed by atoms with van der Waals surface area (Å²) >= 11 is 0. The molecule has 0 bridgehead atoms. The smallest absolute Gasteiger partial charge is 0.254 e. The molecule has 0 aromatic carbocycles. The molecule has 2 aromatic heterocycles. The molecule has 0 amide bonds. The Kier molecular flexibility index (Phi) is 12.9. The van der Waals surface area contributed by atoms with Crippen molar-refractivity contribution in [1.82, 2.24) is 10.3 Å². The molecule has 2 rings (SSSR count). The first-order valence-electron chi connectivity index (χ1n) is 12.2. The summed E-state index contributed by atoms with van der Waals surface area (Å²) in [5.74, 6) is 2.44. The Bertz CT molecular complexity index is 683. The second kappa shape index (κ2) is 15.8. The third-order valence-electron chi connectivity index (χ3n) is 5.37. The highest BCUT2D eigenvalue weighted by atomic mass is 16.6. The Hall–Kier alpha value is -1.98. The SMILES string of the molecule is [CH2]C(COc1cc(CCCCCCCCCCCCCCC)on1)Oc1cc(C)on1. The van der Waals surface area contributed by atoms with Gasteiger partial charge in [-0.3, -0.25) is 0 Å². The summed E-state index contributed by atoms with van der Waals surface area (Å²) < 4.78 is 21.4. The van der Waals surface area contributed by atoms with Crippen LogP contribution < -0.4 is 9.47 Å². The van der Waals surface area contributed by atoms with Crippen LogP contribution in [0.15, 0.2) is 21.2 Å². The maximum absolute atomic E-state index is 5.60. The van der Waals surface area contributed by atoms with Gasteiger partial charge in [0.25, 0.3) is 11.8 Å². The van der Waals surface area contributed by atoms with Crippen molar-refractivity contribution in [2.75, 3.05) is 6.61 Å². The first-order chi connectivity index (χ1) is 15.2. The number of aromatic nitrogens is 2. The van der Waals surface area contributed by atoms with E-state index in [4.69, 9.17) is 18.5 Å². The van der Waals surface area contributed by atoms with Gasteiger partial charge in [0, 0.05) is 18.6 Å². The minimum atomic E-state index is -0.411. The van der Waals surface area contributed by atoms with E-state index in [9.17, 15) is 0 Å². The molecule has 1 unspecified atom stereocenters. The molecule has 0 aliphatic carbocycles. The van der Waals surface area contributed by atoms with Crippen LogP contribution in [0.25, 0.3) is 0 Å². The average Bonchev–Trinajstić information content (AvgIpc) is 3.38. The number of rotatable bonds is 19. The van der Waals surface area contributed by atoms with E-state index < -0.39 is 6.10 Å². The summed E-state index contributed by atoms with van der Waals surface area (Å²) in [7, 11) is 0. The van der Waals surface area contributed by atoms with Crippen LogP contribution >= 0.6 is 0 Å². The third kappa shape index (κ3) is 11.8. The van der Waals surface area contributed by atoms with Crippen LogP contribution in [0, 0.1) is 13.8 Å². The Morgan fingerprint density at radius 2 is 1.39 bits per heavy atom. The Balaban J connectivity index is 1.42. The fourth-order valence-corrected chi connectivity index (χ4v) is 3.58. The van der Waals surface area contributed by atoms with E-state index in [1.807, 2.05) is 13.0 Å². The van der Waals surface area contributed by atoms with Crippen LogP contribution in [0.3, 0.4) is 0 Å². The van der Waals surface area contributed by atoms with Crippen molar-refractivity contribution in [2.24, 2.45) is 0 Å². The number of nitrogens with zero attached hydrogens (tertiary/aromatic N) is 2. The van der Waals surface area contributed by atoms with Gasteiger partial charge in [0.2, 0.25) is 0 Å². The summed E-state index contributed by atoms with van der Waals surface area (Å²) in [6.45, 7) is 8.24. The summed E-state index contributed by atoms with van der Waals surface area (Å²) in [6, 6.07) is 3.56. The van der Waals surface area contributed by atoms with E-state index in [2.05, 4.69) is 24.2 Å². The quantitative estimate of drug-likeness (QED) is 0.217. The van der Waals surface area contributed by atoms with E-state index in [1.54, 1.807) is 6.07 Å². The average molecular weight is 434 g/mol. The van der Waals surface area contributed by atoms with Gasteiger partial charge in [-0.05, 0) is 30.6 Å². The summed E-state index contributed by atoms with van der Waals surface area (Å²) in [4.78, 5) is 0. The van der Waals surface area contributed by atoms with Crippen LogP contribution in [0.4, 0.5) is 0 Å². The zero-order valence-corrected chi connectivity index (χ0v) is 19.6. The van der Waals surface area contributed by atoms with Crippen LogP contribution in [0.2, 0.25) is 0 Å². The second-order valence-electron chi connectivity index (χ2n) is 8.45. The number of aryl methyl sites for hydroxylation is 2. The molecule has 6 heteroatoms. The van der Waals surface area contributed by atoms with Crippen molar-refractivity contribution >= 4 is 0 Å². The molecule has 0 aliphatic heterocycles. The highest BCUT2D eigenvalue weighted by molar-refractivity contribution is 5.12. The topological polar surface area (TPSA) is 70.5 Å². The lowest BCUT2D eigenvalue weighted by molar-refractivity contribution is 0.144. The number of hydrogen-bond acceptors (Lipinski definition) is 6. The predicted molar refractivity (Wildman–Crippen MR) is 122 cm³/mol. The van der Waals surface area contributed by atoms with Gasteiger partial charge in [-0.1, -0.05) is 84.0 Å². The molecule has 2 aromatic rings. The lowest BCUT2D eigenvalue weighted by atomic mass is 10.0. The minimum Gasteiger partial charge on any atom is -0.472 e. The molecule has 31 heavy (non-hydrogen) atoms. The molecule has 0 saturated carbocycles. The van der Waals surface area contributed by atoms with Crippen LogP contribution in [0.5, 0.6) is 11.8 Å². The molecule has 1 radical (unpaired) electrons. The molecule has 0 saturated heterocycles. The van der Waals surface area contributed by atoms with Gasteiger partial charge >= 0.3 is 0 Å². The number of hydrogen-bond donors (Lipinski definition) is 0. The lowest BCUT2D eigenvalue weighted by Gasteiger charge is -2.11. The molecule has 0 aliphatic rings. The molecule has 2 heterocycles. The predicted octanol–water partition coefficient (Wildman–Crippen LogP) is 7.27. The van der Waals surface area contributed by atoms with Gasteiger partial charge in [-0.25, -0.2) is 0 Å². The molecular formula is C25H41N2O4. The van der Waals surface area contributed by atoms with Crippen molar-refractivity contribution in [3.8, 4) is 11.8 Å². The van der Waals surface area contributed by atoms with E-state index >= 15 is 0 Å². The van der Waals surface area contributed by atoms with Crippen molar-refractivity contribution in [3.05, 3.63) is 30.6 Å². The molecule has 0 fully saturated rings. The van der Waals surface area contributed by atoms with Crippen LogP contribution in [-0.4, -0.2) is 23.0 Å². The van der Waals surface area contributed by atoms with Gasteiger partial charge in [0.15, 0.2) is 0 Å². The second-order valence-corrected chi connectivity index (χ2v) is 8.45. The van der Waals surface area contributed by atoms with E-state index in [1.165, 1.54) is 77.0 Å². The lowest BCUT2D eigenvalue weighted by Crippen LogP contribution is -2.21. The van der Waals surface area contributed by atoms with Crippen molar-refractivity contribution in [3.63, 3.8) is 0 Å². The maximum Gasteiger partial charge on any atom is 0.254 e. The van der Waals surface area contributed by atoms with Gasteiger partial charge in [-0.15, -0.1) is 0 Å². The largest absolute Gasteiger partial charge is 0.472 e. The first kappa shape index (κ1) is 25.3. The Morgan fingerprint density at radius 1 is 0.806 bits per heavy atom. The Morgan fingerprint density at radius 3 is 1.97 bits per heavy atom. The summed E-state index contributed by atoms with van der Waals surface area (Å²) in [6.07, 6.45) is 18.1. The maximum atomic E-state index is 5.60. The van der Waals surface area contributed by atoms with E-state index in [0.29, 0.717) is 17.5 Å². The van der Waals surface area contributed by atoms with Gasteiger partial charge in [-0.2, -0.15) is 0 Å². The summed E-state index contributed by atoms with van der Waals surface area (Å²) in [5.41, 5.74) is 0. The van der Waals surface area contributed by atoms with E-state index in [0.717, 1.165) is 18.6 Å². The first-order valence-corrected chi connectivity index (χ1v) is 12.2. The van der Waals surface area contributed by atoms with Crippen molar-refractivity contribution < 1.29 is 18.5 Å². The normalized spacial score (nSPS) is 12.2. The zero-order valence-electron chi connectivity index (χ0n) is 19.6. The van der Waals surface area contributed by atoms with Gasteiger partial charge in [0.05, 0.1) is 0 Å². The third-order valence-corrected chi connectivity index (χ3v) is 5.37. The van der Waals surface area contributed by atoms with Crippen LogP contribution in [-0.2, 0) is 6.42 Å². The highest BCUT2D eigenvalue weighted by Gasteiger charge is 2.11. The minimum absolute atomic E-state index is 0.261. The summed E-state index contributed by atoms with van der Waals surface area (Å²) in [5, 5.41) is 7.74. The number of ether oxygens (including phenoxy) is 2. The molecule has 0 N–H and O–H groups in total. The number of unbranched alkanes of at least 4 members (excludes halogenated alkanes) is 12. The van der Waals surface area contributed by atoms with Crippen molar-refractivity contribution in [2.45, 2.75) is 110 Å². The van der Waals surface area contributed by atoms with Crippen molar-refractivity contribution in [1.29, 1.82) is 0 Å². The molecule has 175 valence electrons. The molecule has 6 nitrogen and oxygen atoms in total. The standard InChI is InChI=1S/C25H41N2O4/c1-4-5-6-7-8-9-10-11-12-13-14-15-16-17-23-19-24(26-31-23)28-20-22(3)29-25-18-21(2)30-27-25/h18-19,22H,3-17,20H2,1-2H3. The van der Waals surface area contributed by atoms with Gasteiger partial charge in [0.1, 0.15) is 24.2 Å². The molecule has 0 spiro atoms. The van der Waals surface area contributed by atoms with Gasteiger partial charge < -0.3 is 18.5 Å². The zero-order chi connectivity index (χ0) is 22.2. The fourth-order valence-electron chi connectivity index (χ4n) is 3.58. The van der Waals surface area contributed by atoms with Crippen LogP contribution in [0.1, 0.15) is 102 Å².